The summed E-state index contributed by atoms with van der Waals surface area (Å²) in [6.07, 6.45) is 0. The first-order valence-corrected chi connectivity index (χ1v) is 10.5. The van der Waals surface area contributed by atoms with Gasteiger partial charge >= 0.3 is 6.03 Å². The number of benzene rings is 3. The zero-order valence-corrected chi connectivity index (χ0v) is 18.6. The monoisotopic (exact) mass is 449 g/mol. The minimum Gasteiger partial charge on any atom is -0.391 e. The zero-order chi connectivity index (χ0) is 22.9. The molecule has 0 heterocycles. The fourth-order valence-electron chi connectivity index (χ4n) is 2.94. The van der Waals surface area contributed by atoms with E-state index in [2.05, 4.69) is 29.6 Å². The lowest BCUT2D eigenvalue weighted by molar-refractivity contribution is 0.0967. The maximum atomic E-state index is 12.2. The van der Waals surface area contributed by atoms with Gasteiger partial charge in [-0.1, -0.05) is 85.2 Å². The minimum atomic E-state index is -0.645. The topological polar surface area (TPSA) is 79.8 Å². The van der Waals surface area contributed by atoms with Gasteiger partial charge in [0.1, 0.15) is 6.61 Å². The maximum Gasteiger partial charge on any atom is 0.326 e. The molecule has 0 aliphatic heterocycles. The van der Waals surface area contributed by atoms with Crippen LogP contribution in [0.1, 0.15) is 35.3 Å². The number of carbonyl (C=O) groups excluding carboxylic acids is 2. The molecule has 0 radical (unpaired) electrons. The van der Waals surface area contributed by atoms with Crippen molar-refractivity contribution in [1.82, 2.24) is 5.32 Å². The second-order valence-corrected chi connectivity index (χ2v) is 7.76. The van der Waals surface area contributed by atoms with E-state index in [0.717, 1.165) is 16.8 Å². The summed E-state index contributed by atoms with van der Waals surface area (Å²) in [5.41, 5.74) is 3.56. The molecular formula is C25H24ClN3O3. The van der Waals surface area contributed by atoms with Crippen LogP contribution in [-0.2, 0) is 11.4 Å². The van der Waals surface area contributed by atoms with Gasteiger partial charge < -0.3 is 10.2 Å². The van der Waals surface area contributed by atoms with Gasteiger partial charge in [0, 0.05) is 5.69 Å². The van der Waals surface area contributed by atoms with Gasteiger partial charge in [0.05, 0.1) is 16.3 Å². The zero-order valence-electron chi connectivity index (χ0n) is 17.8. The van der Waals surface area contributed by atoms with Gasteiger partial charge in [0.25, 0.3) is 5.91 Å². The molecule has 0 bridgehead atoms. The summed E-state index contributed by atoms with van der Waals surface area (Å²) in [5, 5.41) is 9.47. The van der Waals surface area contributed by atoms with Gasteiger partial charge in [0.15, 0.2) is 0 Å². The van der Waals surface area contributed by atoms with Gasteiger partial charge in [-0.2, -0.15) is 0 Å². The molecule has 7 heteroatoms. The number of rotatable bonds is 7. The van der Waals surface area contributed by atoms with E-state index in [1.165, 1.54) is 0 Å². The second-order valence-electron chi connectivity index (χ2n) is 7.36. The number of imide groups is 1. The Morgan fingerprint density at radius 2 is 1.59 bits per heavy atom. The lowest BCUT2D eigenvalue weighted by Crippen LogP contribution is -2.34. The van der Waals surface area contributed by atoms with E-state index in [0.29, 0.717) is 12.3 Å². The highest BCUT2D eigenvalue weighted by atomic mass is 35.5. The number of urea groups is 1. The van der Waals surface area contributed by atoms with E-state index in [4.69, 9.17) is 16.4 Å². The van der Waals surface area contributed by atoms with Crippen molar-refractivity contribution >= 4 is 34.9 Å². The molecule has 0 aromatic heterocycles. The Hall–Kier alpha value is -3.64. The van der Waals surface area contributed by atoms with Crippen molar-refractivity contribution in [2.45, 2.75) is 20.5 Å². The van der Waals surface area contributed by atoms with Gasteiger partial charge in [-0.15, -0.1) is 0 Å². The predicted octanol–water partition coefficient (Wildman–Crippen LogP) is 5.88. The summed E-state index contributed by atoms with van der Waals surface area (Å²) < 4.78 is 0. The third-order valence-corrected chi connectivity index (χ3v) is 4.90. The van der Waals surface area contributed by atoms with Crippen LogP contribution < -0.4 is 10.6 Å². The van der Waals surface area contributed by atoms with E-state index in [-0.39, 0.29) is 16.5 Å². The molecule has 2 N–H and O–H groups in total. The number of carbonyl (C=O) groups is 2. The fourth-order valence-corrected chi connectivity index (χ4v) is 3.16. The maximum absolute atomic E-state index is 12.2. The quantitative estimate of drug-likeness (QED) is 0.349. The summed E-state index contributed by atoms with van der Waals surface area (Å²) in [6.45, 7) is 4.43. The summed E-state index contributed by atoms with van der Waals surface area (Å²) in [7, 11) is 0. The Kier molecular flexibility index (Phi) is 8.00. The second kappa shape index (κ2) is 11.1. The molecule has 0 unspecified atom stereocenters. The smallest absolute Gasteiger partial charge is 0.326 e. The van der Waals surface area contributed by atoms with Crippen molar-refractivity contribution in [3.8, 4) is 0 Å². The van der Waals surface area contributed by atoms with Crippen LogP contribution in [0.2, 0.25) is 5.02 Å². The molecule has 0 atom stereocenters. The van der Waals surface area contributed by atoms with Crippen molar-refractivity contribution < 1.29 is 14.4 Å². The average molecular weight is 450 g/mol. The number of hydrogen-bond donors (Lipinski definition) is 2. The van der Waals surface area contributed by atoms with Crippen molar-refractivity contribution in [3.05, 3.63) is 101 Å². The first-order valence-electron chi connectivity index (χ1n) is 10.1. The van der Waals surface area contributed by atoms with E-state index in [9.17, 15) is 9.59 Å². The first-order chi connectivity index (χ1) is 15.4. The molecule has 3 amide bonds. The number of nitrogens with one attached hydrogen (secondary N) is 2. The van der Waals surface area contributed by atoms with Crippen LogP contribution in [0.3, 0.4) is 0 Å². The van der Waals surface area contributed by atoms with Gasteiger partial charge in [-0.05, 0) is 41.3 Å². The molecule has 3 rings (SSSR count). The molecule has 6 nitrogen and oxygen atoms in total. The van der Waals surface area contributed by atoms with E-state index < -0.39 is 11.9 Å². The third kappa shape index (κ3) is 6.43. The molecule has 0 saturated carbocycles. The van der Waals surface area contributed by atoms with Crippen LogP contribution in [0.5, 0.6) is 0 Å². The molecule has 0 fully saturated rings. The van der Waals surface area contributed by atoms with E-state index in [1.807, 2.05) is 42.5 Å². The number of hydrogen-bond acceptors (Lipinski definition) is 4. The van der Waals surface area contributed by atoms with Crippen LogP contribution in [0.15, 0.2) is 84.0 Å². The van der Waals surface area contributed by atoms with Crippen LogP contribution in [0.4, 0.5) is 10.5 Å². The van der Waals surface area contributed by atoms with Crippen LogP contribution in [-0.4, -0.2) is 17.6 Å². The molecule has 3 aromatic carbocycles. The third-order valence-electron chi connectivity index (χ3n) is 4.57. The predicted molar refractivity (Wildman–Crippen MR) is 127 cm³/mol. The molecule has 164 valence electrons. The Bertz CT molecular complexity index is 1100. The van der Waals surface area contributed by atoms with Crippen molar-refractivity contribution in [3.63, 3.8) is 0 Å². The molecule has 3 aromatic rings. The molecular weight excluding hydrogens is 426 g/mol. The number of nitrogens with zero attached hydrogens (tertiary/aromatic N) is 1. The van der Waals surface area contributed by atoms with Crippen molar-refractivity contribution in [2.75, 3.05) is 5.32 Å². The lowest BCUT2D eigenvalue weighted by atomic mass is 10.0. The normalized spacial score (nSPS) is 11.2. The average Bonchev–Trinajstić information content (AvgIpc) is 2.78. The number of halogens is 1. The SMILES string of the molecule is CC(C)/C(=N/OCc1ccc(NC(=O)NC(=O)c2ccccc2Cl)cc1)c1ccccc1. The summed E-state index contributed by atoms with van der Waals surface area (Å²) in [6, 6.07) is 22.9. The number of anilines is 1. The summed E-state index contributed by atoms with van der Waals surface area (Å²) in [4.78, 5) is 29.8. The Labute approximate surface area is 192 Å². The Balaban J connectivity index is 1.54. The van der Waals surface area contributed by atoms with Crippen LogP contribution in [0.25, 0.3) is 0 Å². The van der Waals surface area contributed by atoms with Crippen LogP contribution >= 0.6 is 11.6 Å². The Morgan fingerprint density at radius 3 is 2.25 bits per heavy atom. The molecule has 0 saturated heterocycles. The van der Waals surface area contributed by atoms with Gasteiger partial charge in [-0.3, -0.25) is 10.1 Å². The highest BCUT2D eigenvalue weighted by Crippen LogP contribution is 2.15. The van der Waals surface area contributed by atoms with E-state index in [1.54, 1.807) is 36.4 Å². The molecule has 0 spiro atoms. The van der Waals surface area contributed by atoms with Crippen molar-refractivity contribution in [2.24, 2.45) is 11.1 Å². The fraction of sp³-hybridized carbons (Fsp3) is 0.160. The summed E-state index contributed by atoms with van der Waals surface area (Å²) in [5.74, 6) is -0.355. The molecule has 0 aliphatic rings. The van der Waals surface area contributed by atoms with Gasteiger partial charge in [0.2, 0.25) is 0 Å². The van der Waals surface area contributed by atoms with Crippen LogP contribution in [0, 0.1) is 5.92 Å². The highest BCUT2D eigenvalue weighted by Gasteiger charge is 2.13. The van der Waals surface area contributed by atoms with Crippen molar-refractivity contribution in [1.29, 1.82) is 0 Å². The largest absolute Gasteiger partial charge is 0.391 e. The minimum absolute atomic E-state index is 0.218. The molecule has 32 heavy (non-hydrogen) atoms. The number of amides is 3. The highest BCUT2D eigenvalue weighted by molar-refractivity contribution is 6.34. The first kappa shape index (κ1) is 23.0. The number of oxime groups is 1. The summed E-state index contributed by atoms with van der Waals surface area (Å²) >= 11 is 5.98. The standard InChI is InChI=1S/C25H24ClN3O3/c1-17(2)23(19-8-4-3-5-9-19)29-32-16-18-12-14-20(15-13-18)27-25(31)28-24(30)21-10-6-7-11-22(21)26/h3-15,17H,16H2,1-2H3,(H2,27,28,30,31)/b29-23-. The lowest BCUT2D eigenvalue weighted by Gasteiger charge is -2.11. The van der Waals surface area contributed by atoms with Gasteiger partial charge in [-0.25, -0.2) is 4.79 Å². The van der Waals surface area contributed by atoms with E-state index >= 15 is 0 Å². The molecule has 0 aliphatic carbocycles. The Morgan fingerprint density at radius 1 is 0.938 bits per heavy atom.